The zero-order valence-electron chi connectivity index (χ0n) is 11.4. The molecule has 2 aliphatic rings. The fraction of sp³-hybridized carbons (Fsp3) is 0.769. The van der Waals surface area contributed by atoms with E-state index in [0.29, 0.717) is 18.5 Å². The molecule has 1 aromatic heterocycles. The molecule has 1 saturated carbocycles. The lowest BCUT2D eigenvalue weighted by atomic mass is 10.2. The monoisotopic (exact) mass is 263 g/mol. The smallest absolute Gasteiger partial charge is 0.244 e. The molecular weight excluding hydrogens is 242 g/mol. The predicted molar refractivity (Wildman–Crippen MR) is 70.7 cm³/mol. The molecule has 1 atom stereocenters. The van der Waals surface area contributed by atoms with Crippen molar-refractivity contribution in [2.75, 3.05) is 20.1 Å². The van der Waals surface area contributed by atoms with E-state index in [2.05, 4.69) is 15.6 Å². The summed E-state index contributed by atoms with van der Waals surface area (Å²) in [6.45, 7) is 2.06. The van der Waals surface area contributed by atoms with Gasteiger partial charge in [-0.1, -0.05) is 5.21 Å². The van der Waals surface area contributed by atoms with Crippen molar-refractivity contribution < 1.29 is 4.79 Å². The second-order valence-electron chi connectivity index (χ2n) is 5.56. The van der Waals surface area contributed by atoms with Crippen LogP contribution in [0.4, 0.5) is 0 Å². The Morgan fingerprint density at radius 1 is 1.47 bits per heavy atom. The van der Waals surface area contributed by atoms with Crippen molar-refractivity contribution in [1.29, 1.82) is 0 Å². The summed E-state index contributed by atoms with van der Waals surface area (Å²) < 4.78 is 1.69. The molecule has 6 heteroatoms. The molecule has 6 nitrogen and oxygen atoms in total. The van der Waals surface area contributed by atoms with E-state index in [1.165, 1.54) is 12.8 Å². The molecular formula is C13H21N5O. The van der Waals surface area contributed by atoms with Gasteiger partial charge in [0, 0.05) is 31.2 Å². The van der Waals surface area contributed by atoms with Gasteiger partial charge in [-0.3, -0.25) is 4.79 Å². The molecule has 0 bridgehead atoms. The minimum atomic E-state index is 0.157. The highest BCUT2D eigenvalue weighted by atomic mass is 16.2. The Bertz CT molecular complexity index is 454. The van der Waals surface area contributed by atoms with Gasteiger partial charge in [-0.2, -0.15) is 0 Å². The number of hydrogen-bond donors (Lipinski definition) is 1. The SMILES string of the molecule is CNCC1CCCN1C(=O)Cn1cc(C2CC2)nn1. The number of nitrogens with zero attached hydrogens (tertiary/aromatic N) is 4. The van der Waals surface area contributed by atoms with E-state index in [1.807, 2.05) is 18.1 Å². The number of amides is 1. The average molecular weight is 263 g/mol. The van der Waals surface area contributed by atoms with Gasteiger partial charge in [-0.25, -0.2) is 4.68 Å². The summed E-state index contributed by atoms with van der Waals surface area (Å²) in [4.78, 5) is 14.3. The Hall–Kier alpha value is -1.43. The number of nitrogens with one attached hydrogen (secondary N) is 1. The minimum Gasteiger partial charge on any atom is -0.337 e. The van der Waals surface area contributed by atoms with Gasteiger partial charge in [0.05, 0.1) is 5.69 Å². The third-order valence-electron chi connectivity index (χ3n) is 3.99. The zero-order chi connectivity index (χ0) is 13.2. The van der Waals surface area contributed by atoms with Crippen LogP contribution in [0.2, 0.25) is 0 Å². The molecule has 1 aliphatic heterocycles. The maximum absolute atomic E-state index is 12.3. The van der Waals surface area contributed by atoms with Crippen molar-refractivity contribution in [1.82, 2.24) is 25.2 Å². The van der Waals surface area contributed by atoms with Crippen LogP contribution in [0.5, 0.6) is 0 Å². The molecule has 1 saturated heterocycles. The second-order valence-corrected chi connectivity index (χ2v) is 5.56. The summed E-state index contributed by atoms with van der Waals surface area (Å²) in [6.07, 6.45) is 6.55. The number of likely N-dealkylation sites (N-methyl/N-ethyl adjacent to an activating group) is 1. The van der Waals surface area contributed by atoms with Crippen LogP contribution in [0.3, 0.4) is 0 Å². The highest BCUT2D eigenvalue weighted by Crippen LogP contribution is 2.38. The lowest BCUT2D eigenvalue weighted by Gasteiger charge is -2.24. The van der Waals surface area contributed by atoms with Gasteiger partial charge < -0.3 is 10.2 Å². The molecule has 1 aromatic rings. The Morgan fingerprint density at radius 2 is 2.32 bits per heavy atom. The van der Waals surface area contributed by atoms with E-state index >= 15 is 0 Å². The average Bonchev–Trinajstić information content (AvgIpc) is 2.96. The Morgan fingerprint density at radius 3 is 3.05 bits per heavy atom. The van der Waals surface area contributed by atoms with Gasteiger partial charge in [0.25, 0.3) is 0 Å². The van der Waals surface area contributed by atoms with Gasteiger partial charge in [-0.05, 0) is 32.7 Å². The third-order valence-corrected chi connectivity index (χ3v) is 3.99. The van der Waals surface area contributed by atoms with Gasteiger partial charge in [-0.15, -0.1) is 5.10 Å². The standard InChI is InChI=1S/C13H21N5O/c1-14-7-11-3-2-6-18(11)13(19)9-17-8-12(15-16-17)10-4-5-10/h8,10-11,14H,2-7,9H2,1H3. The molecule has 3 rings (SSSR count). The Labute approximate surface area is 113 Å². The predicted octanol–water partition coefficient (Wildman–Crippen LogP) is 0.366. The first-order valence-electron chi connectivity index (χ1n) is 7.12. The lowest BCUT2D eigenvalue weighted by Crippen LogP contribution is -2.42. The topological polar surface area (TPSA) is 63.1 Å². The summed E-state index contributed by atoms with van der Waals surface area (Å²) >= 11 is 0. The van der Waals surface area contributed by atoms with Crippen LogP contribution in [0, 0.1) is 0 Å². The number of carbonyl (C=O) groups excluding carboxylic acids is 1. The number of rotatable bonds is 5. The van der Waals surface area contributed by atoms with Crippen LogP contribution in [-0.4, -0.2) is 52.0 Å². The molecule has 2 heterocycles. The molecule has 0 aromatic carbocycles. The Balaban J connectivity index is 1.60. The molecule has 1 N–H and O–H groups in total. The summed E-state index contributed by atoms with van der Waals surface area (Å²) in [5.74, 6) is 0.748. The van der Waals surface area contributed by atoms with Gasteiger partial charge in [0.1, 0.15) is 6.54 Å². The van der Waals surface area contributed by atoms with Crippen LogP contribution in [-0.2, 0) is 11.3 Å². The van der Waals surface area contributed by atoms with Gasteiger partial charge >= 0.3 is 0 Å². The molecule has 2 fully saturated rings. The lowest BCUT2D eigenvalue weighted by molar-refractivity contribution is -0.132. The minimum absolute atomic E-state index is 0.157. The molecule has 0 radical (unpaired) electrons. The molecule has 1 amide bonds. The van der Waals surface area contributed by atoms with Crippen LogP contribution < -0.4 is 5.32 Å². The van der Waals surface area contributed by atoms with Crippen LogP contribution >= 0.6 is 0 Å². The molecule has 0 spiro atoms. The van der Waals surface area contributed by atoms with Crippen molar-refractivity contribution in [3.05, 3.63) is 11.9 Å². The summed E-state index contributed by atoms with van der Waals surface area (Å²) in [5.41, 5.74) is 1.04. The fourth-order valence-corrected chi connectivity index (χ4v) is 2.80. The summed E-state index contributed by atoms with van der Waals surface area (Å²) in [7, 11) is 1.93. The van der Waals surface area contributed by atoms with Gasteiger partial charge in [0.15, 0.2) is 0 Å². The first kappa shape index (κ1) is 12.6. The fourth-order valence-electron chi connectivity index (χ4n) is 2.80. The summed E-state index contributed by atoms with van der Waals surface area (Å²) in [6, 6.07) is 0.337. The van der Waals surface area contributed by atoms with Crippen molar-refractivity contribution >= 4 is 5.91 Å². The number of carbonyl (C=O) groups is 1. The largest absolute Gasteiger partial charge is 0.337 e. The van der Waals surface area contributed by atoms with Crippen LogP contribution in [0.25, 0.3) is 0 Å². The maximum atomic E-state index is 12.3. The molecule has 19 heavy (non-hydrogen) atoms. The Kier molecular flexibility index (Phi) is 3.50. The number of likely N-dealkylation sites (tertiary alicyclic amines) is 1. The third kappa shape index (κ3) is 2.78. The quantitative estimate of drug-likeness (QED) is 0.833. The van der Waals surface area contributed by atoms with Crippen LogP contribution in [0.15, 0.2) is 6.20 Å². The molecule has 1 unspecified atom stereocenters. The van der Waals surface area contributed by atoms with Crippen molar-refractivity contribution in [3.8, 4) is 0 Å². The van der Waals surface area contributed by atoms with E-state index in [9.17, 15) is 4.79 Å². The number of hydrogen-bond acceptors (Lipinski definition) is 4. The van der Waals surface area contributed by atoms with Crippen LogP contribution in [0.1, 0.15) is 37.3 Å². The van der Waals surface area contributed by atoms with E-state index < -0.39 is 0 Å². The zero-order valence-corrected chi connectivity index (χ0v) is 11.4. The van der Waals surface area contributed by atoms with Crippen molar-refractivity contribution in [3.63, 3.8) is 0 Å². The molecule has 104 valence electrons. The van der Waals surface area contributed by atoms with Gasteiger partial charge in [0.2, 0.25) is 5.91 Å². The highest BCUT2D eigenvalue weighted by Gasteiger charge is 2.29. The van der Waals surface area contributed by atoms with Crippen molar-refractivity contribution in [2.24, 2.45) is 0 Å². The summed E-state index contributed by atoms with van der Waals surface area (Å²) in [5, 5.41) is 11.4. The van der Waals surface area contributed by atoms with E-state index in [-0.39, 0.29) is 5.91 Å². The maximum Gasteiger partial charge on any atom is 0.244 e. The highest BCUT2D eigenvalue weighted by molar-refractivity contribution is 5.76. The first-order chi connectivity index (χ1) is 9.28. The van der Waals surface area contributed by atoms with Crippen molar-refractivity contribution in [2.45, 2.75) is 44.2 Å². The van der Waals surface area contributed by atoms with E-state index in [0.717, 1.165) is 31.6 Å². The molecule has 1 aliphatic carbocycles. The van der Waals surface area contributed by atoms with E-state index in [1.54, 1.807) is 4.68 Å². The second kappa shape index (κ2) is 5.28. The normalized spacial score (nSPS) is 23.0. The van der Waals surface area contributed by atoms with E-state index in [4.69, 9.17) is 0 Å². The first-order valence-corrected chi connectivity index (χ1v) is 7.12. The number of aromatic nitrogens is 3.